The molecule has 0 aliphatic carbocycles. The number of hydrogen-bond donors (Lipinski definition) is 2. The van der Waals surface area contributed by atoms with Crippen LogP contribution >= 0.6 is 15.9 Å². The van der Waals surface area contributed by atoms with Crippen molar-refractivity contribution in [3.8, 4) is 0 Å². The third-order valence-corrected chi connectivity index (χ3v) is 4.41. The summed E-state index contributed by atoms with van der Waals surface area (Å²) in [5.41, 5.74) is 0.869. The van der Waals surface area contributed by atoms with Crippen molar-refractivity contribution in [2.24, 2.45) is 0 Å². The molecule has 110 valence electrons. The van der Waals surface area contributed by atoms with Crippen molar-refractivity contribution >= 4 is 38.3 Å². The first-order valence-corrected chi connectivity index (χ1v) is 7.93. The lowest BCUT2D eigenvalue weighted by molar-refractivity contribution is -0.117. The predicted molar refractivity (Wildman–Crippen MR) is 89.6 cm³/mol. The Morgan fingerprint density at radius 1 is 1.14 bits per heavy atom. The predicted octanol–water partition coefficient (Wildman–Crippen LogP) is 2.45. The molecule has 0 aromatic heterocycles. The first kappa shape index (κ1) is 14.5. The summed E-state index contributed by atoms with van der Waals surface area (Å²) in [4.78, 5) is 14.4. The molecule has 0 unspecified atom stereocenters. The number of amides is 1. The Labute approximate surface area is 132 Å². The molecule has 0 atom stereocenters. The minimum absolute atomic E-state index is 0.0457. The molecule has 1 fully saturated rings. The lowest BCUT2D eigenvalue weighted by atomic mass is 10.1. The van der Waals surface area contributed by atoms with E-state index < -0.39 is 0 Å². The van der Waals surface area contributed by atoms with Crippen molar-refractivity contribution in [3.05, 3.63) is 40.9 Å². The first-order chi connectivity index (χ1) is 10.2. The van der Waals surface area contributed by atoms with Crippen LogP contribution in [0.1, 0.15) is 0 Å². The fraction of sp³-hybridized carbons (Fsp3) is 0.312. The van der Waals surface area contributed by atoms with Gasteiger partial charge in [0, 0.05) is 41.7 Å². The molecular weight excluding hydrogens is 330 g/mol. The van der Waals surface area contributed by atoms with E-state index in [-0.39, 0.29) is 5.91 Å². The van der Waals surface area contributed by atoms with E-state index in [2.05, 4.69) is 31.5 Å². The summed E-state index contributed by atoms with van der Waals surface area (Å²) in [6.07, 6.45) is 0. The Balaban J connectivity index is 1.75. The highest BCUT2D eigenvalue weighted by Gasteiger charge is 2.14. The van der Waals surface area contributed by atoms with Gasteiger partial charge in [0.2, 0.25) is 5.91 Å². The number of rotatable bonds is 3. The smallest absolute Gasteiger partial charge is 0.238 e. The van der Waals surface area contributed by atoms with Gasteiger partial charge in [-0.2, -0.15) is 0 Å². The van der Waals surface area contributed by atoms with Gasteiger partial charge in [-0.3, -0.25) is 9.69 Å². The van der Waals surface area contributed by atoms with Crippen molar-refractivity contribution in [1.29, 1.82) is 0 Å². The monoisotopic (exact) mass is 347 g/mol. The van der Waals surface area contributed by atoms with E-state index in [1.165, 1.54) is 0 Å². The Bertz CT molecular complexity index is 653. The van der Waals surface area contributed by atoms with Crippen molar-refractivity contribution in [3.63, 3.8) is 0 Å². The summed E-state index contributed by atoms with van der Waals surface area (Å²) < 4.78 is 1.04. The molecule has 3 rings (SSSR count). The Morgan fingerprint density at radius 3 is 2.62 bits per heavy atom. The third-order valence-electron chi connectivity index (χ3n) is 3.72. The lowest BCUT2D eigenvalue weighted by Crippen LogP contribution is -2.46. The van der Waals surface area contributed by atoms with Gasteiger partial charge in [0.05, 0.1) is 6.54 Å². The van der Waals surface area contributed by atoms with Crippen LogP contribution in [0.5, 0.6) is 0 Å². The quantitative estimate of drug-likeness (QED) is 0.896. The number of fused-ring (bicyclic) bond motifs is 1. The topological polar surface area (TPSA) is 44.4 Å². The highest BCUT2D eigenvalue weighted by Crippen LogP contribution is 2.29. The molecule has 5 heteroatoms. The lowest BCUT2D eigenvalue weighted by Gasteiger charge is -2.26. The number of anilines is 1. The van der Waals surface area contributed by atoms with Gasteiger partial charge in [0.1, 0.15) is 0 Å². The normalized spacial score (nSPS) is 16.0. The maximum atomic E-state index is 12.2. The van der Waals surface area contributed by atoms with E-state index in [9.17, 15) is 4.79 Å². The van der Waals surface area contributed by atoms with E-state index >= 15 is 0 Å². The minimum atomic E-state index is 0.0457. The van der Waals surface area contributed by atoms with Crippen molar-refractivity contribution in [1.82, 2.24) is 10.2 Å². The summed E-state index contributed by atoms with van der Waals surface area (Å²) in [5, 5.41) is 8.49. The van der Waals surface area contributed by atoms with Crippen LogP contribution in [0.15, 0.2) is 40.9 Å². The SMILES string of the molecule is O=C(CN1CCNCC1)Nc1ccc(Br)c2ccccc12. The van der Waals surface area contributed by atoms with E-state index in [0.717, 1.165) is 47.1 Å². The third kappa shape index (κ3) is 3.43. The highest BCUT2D eigenvalue weighted by molar-refractivity contribution is 9.10. The van der Waals surface area contributed by atoms with E-state index in [0.29, 0.717) is 6.54 Å². The van der Waals surface area contributed by atoms with Crippen LogP contribution in [0.3, 0.4) is 0 Å². The number of hydrogen-bond acceptors (Lipinski definition) is 3. The summed E-state index contributed by atoms with van der Waals surface area (Å²) in [7, 11) is 0. The molecule has 1 aliphatic heterocycles. The Morgan fingerprint density at radius 2 is 1.86 bits per heavy atom. The van der Waals surface area contributed by atoms with Gasteiger partial charge in [0.25, 0.3) is 0 Å². The zero-order chi connectivity index (χ0) is 14.7. The van der Waals surface area contributed by atoms with E-state index in [1.54, 1.807) is 0 Å². The zero-order valence-electron chi connectivity index (χ0n) is 11.7. The summed E-state index contributed by atoms with van der Waals surface area (Å²) >= 11 is 3.55. The van der Waals surface area contributed by atoms with Crippen LogP contribution in [-0.2, 0) is 4.79 Å². The molecule has 0 bridgehead atoms. The number of carbonyl (C=O) groups is 1. The van der Waals surface area contributed by atoms with Gasteiger partial charge in [-0.25, -0.2) is 0 Å². The fourth-order valence-corrected chi connectivity index (χ4v) is 3.11. The van der Waals surface area contributed by atoms with Gasteiger partial charge in [0.15, 0.2) is 0 Å². The van der Waals surface area contributed by atoms with Gasteiger partial charge >= 0.3 is 0 Å². The average Bonchev–Trinajstić information content (AvgIpc) is 2.51. The van der Waals surface area contributed by atoms with Crippen LogP contribution in [-0.4, -0.2) is 43.5 Å². The molecule has 1 saturated heterocycles. The van der Waals surface area contributed by atoms with Crippen LogP contribution in [0.2, 0.25) is 0 Å². The molecule has 0 radical (unpaired) electrons. The molecule has 2 N–H and O–H groups in total. The van der Waals surface area contributed by atoms with Gasteiger partial charge in [-0.05, 0) is 17.5 Å². The number of carbonyl (C=O) groups excluding carboxylic acids is 1. The number of halogens is 1. The minimum Gasteiger partial charge on any atom is -0.324 e. The largest absolute Gasteiger partial charge is 0.324 e. The molecule has 0 spiro atoms. The van der Waals surface area contributed by atoms with Gasteiger partial charge < -0.3 is 10.6 Å². The average molecular weight is 348 g/mol. The molecular formula is C16H18BrN3O. The van der Waals surface area contributed by atoms with E-state index in [1.807, 2.05) is 36.4 Å². The highest BCUT2D eigenvalue weighted by atomic mass is 79.9. The molecule has 2 aromatic rings. The number of nitrogens with zero attached hydrogens (tertiary/aromatic N) is 1. The maximum absolute atomic E-state index is 12.2. The van der Waals surface area contributed by atoms with Crippen LogP contribution in [0.4, 0.5) is 5.69 Å². The molecule has 1 aliphatic rings. The van der Waals surface area contributed by atoms with Crippen molar-refractivity contribution in [2.75, 3.05) is 38.0 Å². The van der Waals surface area contributed by atoms with Crippen molar-refractivity contribution in [2.45, 2.75) is 0 Å². The molecule has 2 aromatic carbocycles. The Hall–Kier alpha value is -1.43. The molecule has 0 saturated carbocycles. The van der Waals surface area contributed by atoms with Gasteiger partial charge in [-0.15, -0.1) is 0 Å². The second-order valence-corrected chi connectivity index (χ2v) is 6.07. The number of piperazine rings is 1. The number of benzene rings is 2. The zero-order valence-corrected chi connectivity index (χ0v) is 13.3. The van der Waals surface area contributed by atoms with Crippen LogP contribution in [0.25, 0.3) is 10.8 Å². The fourth-order valence-electron chi connectivity index (χ4n) is 2.63. The van der Waals surface area contributed by atoms with E-state index in [4.69, 9.17) is 0 Å². The molecule has 4 nitrogen and oxygen atoms in total. The molecule has 1 heterocycles. The first-order valence-electron chi connectivity index (χ1n) is 7.14. The summed E-state index contributed by atoms with van der Waals surface area (Å²) in [6, 6.07) is 12.0. The summed E-state index contributed by atoms with van der Waals surface area (Å²) in [6.45, 7) is 4.21. The Kier molecular flexibility index (Phi) is 4.53. The standard InChI is InChI=1S/C16H18BrN3O/c17-14-5-6-15(13-4-2-1-3-12(13)14)19-16(21)11-20-9-7-18-8-10-20/h1-6,18H,7-11H2,(H,19,21). The molecule has 21 heavy (non-hydrogen) atoms. The van der Waals surface area contributed by atoms with Crippen molar-refractivity contribution < 1.29 is 4.79 Å². The second-order valence-electron chi connectivity index (χ2n) is 5.21. The maximum Gasteiger partial charge on any atom is 0.238 e. The van der Waals surface area contributed by atoms with Crippen LogP contribution in [0, 0.1) is 0 Å². The van der Waals surface area contributed by atoms with Crippen LogP contribution < -0.4 is 10.6 Å². The molecule has 1 amide bonds. The summed E-state index contributed by atoms with van der Waals surface area (Å²) in [5.74, 6) is 0.0457. The van der Waals surface area contributed by atoms with Gasteiger partial charge in [-0.1, -0.05) is 40.2 Å². The second kappa shape index (κ2) is 6.56. The number of nitrogens with one attached hydrogen (secondary N) is 2.